The van der Waals surface area contributed by atoms with E-state index in [0.717, 1.165) is 85.5 Å². The molecule has 1 aliphatic rings. The number of nitrogens with zero attached hydrogens (tertiary/aromatic N) is 4. The lowest BCUT2D eigenvalue weighted by Gasteiger charge is -2.28. The van der Waals surface area contributed by atoms with Crippen LogP contribution in [0.15, 0.2) is 222 Å². The maximum absolute atomic E-state index is 14.8. The van der Waals surface area contributed by atoms with Crippen molar-refractivity contribution in [2.75, 3.05) is 9.80 Å². The Labute approximate surface area is 356 Å². The zero-order valence-electron chi connectivity index (χ0n) is 33.6. The Morgan fingerprint density at radius 3 is 1.50 bits per heavy atom. The van der Waals surface area contributed by atoms with E-state index in [1.807, 2.05) is 84.9 Å². The van der Waals surface area contributed by atoms with Crippen molar-refractivity contribution in [3.63, 3.8) is 0 Å². The molecule has 3 aromatic heterocycles. The summed E-state index contributed by atoms with van der Waals surface area (Å²) in [6.07, 6.45) is 8.55. The molecule has 3 heterocycles. The number of hydrogen-bond donors (Lipinski definition) is 0. The van der Waals surface area contributed by atoms with Crippen LogP contribution in [0.5, 0.6) is 0 Å². The Morgan fingerprint density at radius 2 is 0.887 bits per heavy atom. The van der Waals surface area contributed by atoms with E-state index < -0.39 is 0 Å². The predicted molar refractivity (Wildman–Crippen MR) is 258 cm³/mol. The molecular formula is C56H38N4O2. The second-order valence-corrected chi connectivity index (χ2v) is 15.9. The monoisotopic (exact) mass is 798 g/mol. The number of allylic oxidation sites excluding steroid dienone is 3. The van der Waals surface area contributed by atoms with Crippen molar-refractivity contribution in [2.24, 2.45) is 0 Å². The molecule has 0 saturated heterocycles. The standard InChI is InChI=1S/C56H38N4O2/c61-55-45-25-15-26-46-54(45)60(52-32-29-42(35-48(52)55)57(37-16-5-1-6-17-37)38-18-7-2-8-19-38)53-33-30-43(36-49(53)56(46)62)58(39-20-9-3-10-21-39)41-28-31-51-47(34-41)44-24-13-14-27-50(44)59(51)40-22-11-4-12-23-40/h1,3-7,9-36H,2,8H2. The first kappa shape index (κ1) is 35.7. The van der Waals surface area contributed by atoms with Crippen molar-refractivity contribution in [3.8, 4) is 5.69 Å². The van der Waals surface area contributed by atoms with E-state index in [2.05, 4.69) is 140 Å². The summed E-state index contributed by atoms with van der Waals surface area (Å²) in [6.45, 7) is 0. The average molecular weight is 799 g/mol. The molecule has 0 aliphatic heterocycles. The van der Waals surface area contributed by atoms with Gasteiger partial charge in [-0.3, -0.25) is 9.59 Å². The molecule has 8 aromatic carbocycles. The summed E-state index contributed by atoms with van der Waals surface area (Å²) in [5, 5.41) is 4.49. The highest BCUT2D eigenvalue weighted by molar-refractivity contribution is 6.11. The molecule has 11 aromatic rings. The molecule has 0 amide bonds. The average Bonchev–Trinajstić information content (AvgIpc) is 3.67. The van der Waals surface area contributed by atoms with Gasteiger partial charge in [0.2, 0.25) is 0 Å². The molecule has 6 nitrogen and oxygen atoms in total. The minimum Gasteiger partial charge on any atom is -0.311 e. The topological polar surface area (TPSA) is 50.0 Å². The SMILES string of the molecule is O=c1c2cc(N(C3=CCCC=C3)c3ccccc3)ccc2n2c3ccc(N(c4ccccc4)c4ccc5c(c4)c4ccccc4n5-c4ccccc4)cc3c(=O)c3cccc1c32. The maximum atomic E-state index is 14.8. The van der Waals surface area contributed by atoms with Crippen LogP contribution in [-0.4, -0.2) is 8.97 Å². The van der Waals surface area contributed by atoms with Gasteiger partial charge in [-0.05, 0) is 128 Å². The number of fused-ring (bicyclic) bond motifs is 7. The van der Waals surface area contributed by atoms with Gasteiger partial charge in [-0.1, -0.05) is 91.0 Å². The van der Waals surface area contributed by atoms with E-state index in [-0.39, 0.29) is 10.9 Å². The number of hydrogen-bond acceptors (Lipinski definition) is 4. The molecule has 0 saturated carbocycles. The highest BCUT2D eigenvalue weighted by Gasteiger charge is 2.22. The summed E-state index contributed by atoms with van der Waals surface area (Å²) < 4.78 is 4.44. The first-order valence-electron chi connectivity index (χ1n) is 21.1. The smallest absolute Gasteiger partial charge is 0.197 e. The summed E-state index contributed by atoms with van der Waals surface area (Å²) in [5.41, 5.74) is 11.1. The molecule has 0 atom stereocenters. The number of benzene rings is 8. The predicted octanol–water partition coefficient (Wildman–Crippen LogP) is 13.5. The summed E-state index contributed by atoms with van der Waals surface area (Å²) in [5.74, 6) is 0. The van der Waals surface area contributed by atoms with Crippen molar-refractivity contribution in [3.05, 3.63) is 232 Å². The number of para-hydroxylation sites is 5. The van der Waals surface area contributed by atoms with Crippen LogP contribution >= 0.6 is 0 Å². The van der Waals surface area contributed by atoms with Gasteiger partial charge < -0.3 is 18.8 Å². The fourth-order valence-corrected chi connectivity index (χ4v) is 9.66. The van der Waals surface area contributed by atoms with Crippen LogP contribution in [0.1, 0.15) is 12.8 Å². The maximum Gasteiger partial charge on any atom is 0.197 e. The fraction of sp³-hybridized carbons (Fsp3) is 0.0357. The first-order valence-corrected chi connectivity index (χ1v) is 21.1. The molecule has 0 fully saturated rings. The number of aromatic nitrogens is 2. The molecule has 0 radical (unpaired) electrons. The van der Waals surface area contributed by atoms with Crippen molar-refractivity contribution in [1.29, 1.82) is 0 Å². The fourth-order valence-electron chi connectivity index (χ4n) is 9.66. The Kier molecular flexibility index (Phi) is 8.18. The highest BCUT2D eigenvalue weighted by atomic mass is 16.1. The highest BCUT2D eigenvalue weighted by Crippen LogP contribution is 2.41. The van der Waals surface area contributed by atoms with Crippen LogP contribution in [0.4, 0.5) is 28.4 Å². The zero-order valence-corrected chi connectivity index (χ0v) is 33.6. The van der Waals surface area contributed by atoms with Gasteiger partial charge in [-0.25, -0.2) is 0 Å². The lowest BCUT2D eigenvalue weighted by atomic mass is 10.0. The molecule has 0 unspecified atom stereocenters. The number of rotatable bonds is 7. The van der Waals surface area contributed by atoms with E-state index in [1.165, 1.54) is 0 Å². The van der Waals surface area contributed by atoms with Gasteiger partial charge in [-0.15, -0.1) is 0 Å². The summed E-state index contributed by atoms with van der Waals surface area (Å²) in [6, 6.07) is 64.0. The molecule has 1 aliphatic carbocycles. The third-order valence-electron chi connectivity index (χ3n) is 12.4. The molecule has 294 valence electrons. The van der Waals surface area contributed by atoms with Crippen molar-refractivity contribution in [2.45, 2.75) is 12.8 Å². The summed E-state index contributed by atoms with van der Waals surface area (Å²) in [7, 11) is 0. The van der Waals surface area contributed by atoms with Gasteiger partial charge in [0.15, 0.2) is 10.9 Å². The lowest BCUT2D eigenvalue weighted by Crippen LogP contribution is -2.18. The van der Waals surface area contributed by atoms with Gasteiger partial charge in [0, 0.05) is 72.1 Å². The second-order valence-electron chi connectivity index (χ2n) is 15.9. The second kappa shape index (κ2) is 14.2. The van der Waals surface area contributed by atoms with Gasteiger partial charge in [0.1, 0.15) is 0 Å². The van der Waals surface area contributed by atoms with Crippen molar-refractivity contribution in [1.82, 2.24) is 8.97 Å². The van der Waals surface area contributed by atoms with E-state index in [9.17, 15) is 9.59 Å². The van der Waals surface area contributed by atoms with Gasteiger partial charge in [-0.2, -0.15) is 0 Å². The summed E-state index contributed by atoms with van der Waals surface area (Å²) in [4.78, 5) is 33.8. The Morgan fingerprint density at radius 1 is 0.387 bits per heavy atom. The molecular weight excluding hydrogens is 761 g/mol. The van der Waals surface area contributed by atoms with Gasteiger partial charge in [0.25, 0.3) is 0 Å². The Bertz CT molecular complexity index is 3740. The summed E-state index contributed by atoms with van der Waals surface area (Å²) >= 11 is 0. The Hall–Kier alpha value is -8.22. The number of pyridine rings is 2. The minimum atomic E-state index is -0.108. The van der Waals surface area contributed by atoms with Gasteiger partial charge in [0.05, 0.1) is 27.6 Å². The molecule has 12 rings (SSSR count). The lowest BCUT2D eigenvalue weighted by molar-refractivity contribution is 0.997. The van der Waals surface area contributed by atoms with E-state index in [0.29, 0.717) is 27.1 Å². The first-order chi connectivity index (χ1) is 30.6. The van der Waals surface area contributed by atoms with Crippen LogP contribution in [0.25, 0.3) is 65.6 Å². The molecule has 0 N–H and O–H groups in total. The van der Waals surface area contributed by atoms with E-state index >= 15 is 0 Å². The normalized spacial score (nSPS) is 12.9. The van der Waals surface area contributed by atoms with Gasteiger partial charge >= 0.3 is 0 Å². The Balaban J connectivity index is 1.08. The largest absolute Gasteiger partial charge is 0.311 e. The van der Waals surface area contributed by atoms with Crippen LogP contribution in [0, 0.1) is 0 Å². The van der Waals surface area contributed by atoms with Crippen molar-refractivity contribution < 1.29 is 0 Å². The van der Waals surface area contributed by atoms with Crippen LogP contribution in [0.3, 0.4) is 0 Å². The quantitative estimate of drug-likeness (QED) is 0.119. The third kappa shape index (κ3) is 5.50. The van der Waals surface area contributed by atoms with Crippen LogP contribution in [-0.2, 0) is 0 Å². The van der Waals surface area contributed by atoms with Crippen LogP contribution < -0.4 is 20.7 Å². The molecule has 62 heavy (non-hydrogen) atoms. The van der Waals surface area contributed by atoms with Crippen LogP contribution in [0.2, 0.25) is 0 Å². The number of anilines is 5. The zero-order chi connectivity index (χ0) is 41.3. The minimum absolute atomic E-state index is 0.0942. The molecule has 0 bridgehead atoms. The third-order valence-corrected chi connectivity index (χ3v) is 12.4. The van der Waals surface area contributed by atoms with E-state index in [4.69, 9.17) is 0 Å². The molecule has 6 heteroatoms. The van der Waals surface area contributed by atoms with Crippen molar-refractivity contribution >= 4 is 88.3 Å². The molecule has 0 spiro atoms. The van der Waals surface area contributed by atoms with E-state index in [1.54, 1.807) is 0 Å².